The first-order valence-electron chi connectivity index (χ1n) is 38.4. The molecule has 3 aliphatic heterocycles. The van der Waals surface area contributed by atoms with Crippen LogP contribution >= 0.6 is 23.5 Å². The fourth-order valence-electron chi connectivity index (χ4n) is 14.9. The van der Waals surface area contributed by atoms with Crippen molar-refractivity contribution >= 4 is 87.0 Å². The lowest BCUT2D eigenvalue weighted by Gasteiger charge is -2.29. The van der Waals surface area contributed by atoms with Crippen molar-refractivity contribution in [2.45, 2.75) is 159 Å². The summed E-state index contributed by atoms with van der Waals surface area (Å²) in [6.45, 7) is 15.3. The molecule has 111 heavy (non-hydrogen) atoms. The summed E-state index contributed by atoms with van der Waals surface area (Å²) >= 11 is 3.62. The number of H-pyrrole nitrogens is 1. The topological polar surface area (TPSA) is 235 Å². The van der Waals surface area contributed by atoms with Gasteiger partial charge in [-0.3, -0.25) is 48.1 Å². The molecule has 22 heteroatoms. The van der Waals surface area contributed by atoms with Crippen molar-refractivity contribution < 1.29 is 62.1 Å². The number of nitrogens with one attached hydrogen (secondary N) is 1. The number of carbonyl (C=O) groups excluding carboxylic acids is 9. The Bertz CT molecular complexity index is 4820. The molecule has 9 aromatic rings. The molecule has 0 bridgehead atoms. The van der Waals surface area contributed by atoms with Crippen molar-refractivity contribution in [2.75, 3.05) is 45.1 Å². The van der Waals surface area contributed by atoms with Gasteiger partial charge < -0.3 is 43.5 Å². The summed E-state index contributed by atoms with van der Waals surface area (Å²) < 4.78 is 24.3. The smallest absolute Gasteiger partial charge is 0.255 e. The van der Waals surface area contributed by atoms with E-state index in [1.54, 1.807) is 50.7 Å². The fourth-order valence-corrected chi connectivity index (χ4v) is 16.7. The van der Waals surface area contributed by atoms with Gasteiger partial charge in [0.2, 0.25) is 0 Å². The van der Waals surface area contributed by atoms with E-state index in [2.05, 4.69) is 101 Å². The normalized spacial score (nSPS) is 17.4. The van der Waals surface area contributed by atoms with Crippen molar-refractivity contribution in [3.8, 4) is 23.0 Å². The number of aromatic amines is 1. The van der Waals surface area contributed by atoms with Gasteiger partial charge in [0.15, 0.2) is 22.5 Å². The number of para-hydroxylation sites is 3. The first-order valence-corrected chi connectivity index (χ1v) is 40.5. The number of fused-ring (bicyclic) bond motifs is 4. The Hall–Kier alpha value is -10.5. The van der Waals surface area contributed by atoms with Crippen LogP contribution in [-0.2, 0) is 86.3 Å². The number of benzene rings is 8. The highest BCUT2D eigenvalue weighted by Crippen LogP contribution is 2.39. The van der Waals surface area contributed by atoms with Gasteiger partial charge in [0.25, 0.3) is 17.7 Å². The maximum atomic E-state index is 13.1. The van der Waals surface area contributed by atoms with Gasteiger partial charge in [-0.2, -0.15) is 11.8 Å². The molecule has 0 radical (unpaired) electrons. The molecule has 574 valence electrons. The molecule has 1 aromatic heterocycles. The molecule has 15 rings (SSSR count). The highest BCUT2D eigenvalue weighted by atomic mass is 32.2. The summed E-state index contributed by atoms with van der Waals surface area (Å²) in [6.07, 6.45) is 2.00. The molecule has 6 aliphatic rings. The Morgan fingerprint density at radius 3 is 1.25 bits per heavy atom. The standard InChI is InChI=1S/C32H34N2O5.C29H25N3O4S.C28H34N2O4S/c1-2-33(17-18-38-26-7-4-3-5-8-26)20-23-11-13-24(14-12-23)22-39-31-10-6-9-27-28(31)21-34(32(27)37)29-16-15-25(35)19-30(29)36;33-20-12-13-25(26(34)14-20)32-15-22-21(28(32)35)4-3-7-27(22)36-16-18-8-10-19(11-9-18)17-37-29-30-23-5-1-2-6-24(23)31-29;1-3-29(4-2)14-15-35-19-21-10-8-20(9-11-21)18-34-27-7-5-6-23-24(27)17-30(28(23)33)25-13-12-22(31)16-26(25)32/h3-14,29H,2,15-22H2,1H3;1-11,25H,12-17H2,(H,30,31);5-11,25H,3-4,12-19H2,1-2H3. The molecule has 3 amide bonds. The van der Waals surface area contributed by atoms with Crippen molar-refractivity contribution in [1.82, 2.24) is 34.5 Å². The highest BCUT2D eigenvalue weighted by Gasteiger charge is 2.43. The average molecular weight is 1530 g/mol. The molecule has 1 N–H and O–H groups in total. The first-order chi connectivity index (χ1) is 54.1. The molecule has 3 unspecified atom stereocenters. The number of hydrogen-bond acceptors (Lipinski definition) is 18. The monoisotopic (exact) mass is 1530 g/mol. The van der Waals surface area contributed by atoms with E-state index in [9.17, 15) is 43.2 Å². The number of imidazole rings is 1. The number of ether oxygens (including phenoxy) is 4. The molecule has 4 heterocycles. The molecule has 0 spiro atoms. The summed E-state index contributed by atoms with van der Waals surface area (Å²) in [5.41, 5.74) is 13.0. The maximum Gasteiger partial charge on any atom is 0.255 e. The van der Waals surface area contributed by atoms with Crippen LogP contribution in [0, 0.1) is 0 Å². The molecular weight excluding hydrogens is 1440 g/mol. The van der Waals surface area contributed by atoms with Crippen LogP contribution in [0.3, 0.4) is 0 Å². The Morgan fingerprint density at radius 1 is 0.423 bits per heavy atom. The quantitative estimate of drug-likeness (QED) is 0.0261. The van der Waals surface area contributed by atoms with E-state index < -0.39 is 18.1 Å². The Morgan fingerprint density at radius 2 is 0.829 bits per heavy atom. The lowest BCUT2D eigenvalue weighted by Crippen LogP contribution is -2.44. The fraction of sp³-hybridized carbons (Fsp3) is 0.348. The number of hydrogen-bond donors (Lipinski definition) is 1. The molecule has 3 aliphatic carbocycles. The van der Waals surface area contributed by atoms with Crippen molar-refractivity contribution in [2.24, 2.45) is 0 Å². The number of ketones is 6. The van der Waals surface area contributed by atoms with Gasteiger partial charge in [0.05, 0.1) is 68.1 Å². The molecule has 3 atom stereocenters. The number of nitrogens with zero attached hydrogens (tertiary/aromatic N) is 6. The van der Waals surface area contributed by atoms with E-state index in [0.717, 1.165) is 112 Å². The summed E-state index contributed by atoms with van der Waals surface area (Å²) in [5.74, 6) is 4.69. The number of rotatable bonds is 29. The van der Waals surface area contributed by atoms with Gasteiger partial charge in [0, 0.05) is 89.5 Å². The second-order valence-corrected chi connectivity index (χ2v) is 30.7. The summed E-state index contributed by atoms with van der Waals surface area (Å²) in [4.78, 5) is 129. The van der Waals surface area contributed by atoms with Gasteiger partial charge in [-0.1, -0.05) is 154 Å². The van der Waals surface area contributed by atoms with Gasteiger partial charge in [-0.25, -0.2) is 4.98 Å². The minimum absolute atomic E-state index is 0.0383. The SMILES string of the molecule is CCN(CC)CCSCc1ccc(COc2cccc3c2CN(C2CCC(=O)CC2=O)C3=O)cc1.CCN(CCOc1ccccc1)Cc1ccc(COc2cccc3c2CN(C2CCC(=O)CC2=O)C3=O)cc1.O=C1CCC(N2Cc3c(OCc4ccc(CSc5nc6ccccc6[nH]5)cc4)cccc3C2=O)C(=O)C1. The number of Topliss-reactive ketones (excluding diaryl/α,β-unsaturated/α-hetero) is 6. The van der Waals surface area contributed by atoms with Gasteiger partial charge in [-0.15, -0.1) is 0 Å². The molecule has 20 nitrogen and oxygen atoms in total. The highest BCUT2D eigenvalue weighted by molar-refractivity contribution is 7.98. The van der Waals surface area contributed by atoms with Crippen LogP contribution in [0.1, 0.15) is 160 Å². The molecule has 8 aromatic carbocycles. The molecular formula is C89H93N7O13S2. The number of likely N-dealkylation sites (N-methyl/N-ethyl adjacent to an activating group) is 1. The van der Waals surface area contributed by atoms with E-state index >= 15 is 0 Å². The van der Waals surface area contributed by atoms with Crippen LogP contribution in [0.2, 0.25) is 0 Å². The van der Waals surface area contributed by atoms with E-state index in [4.69, 9.17) is 18.9 Å². The minimum atomic E-state index is -0.532. The first kappa shape index (κ1) is 78.6. The molecule has 3 fully saturated rings. The number of aromatic nitrogens is 2. The van der Waals surface area contributed by atoms with E-state index in [1.165, 1.54) is 16.7 Å². The lowest BCUT2D eigenvalue weighted by atomic mass is 9.92. The predicted octanol–water partition coefficient (Wildman–Crippen LogP) is 14.4. The average Bonchev–Trinajstić information content (AvgIpc) is 1.64. The third-order valence-electron chi connectivity index (χ3n) is 21.3. The van der Waals surface area contributed by atoms with E-state index in [-0.39, 0.29) is 71.7 Å². The Labute approximate surface area is 655 Å². The maximum absolute atomic E-state index is 13.1. The lowest BCUT2D eigenvalue weighted by molar-refractivity contribution is -0.134. The van der Waals surface area contributed by atoms with Crippen LogP contribution in [0.5, 0.6) is 23.0 Å². The summed E-state index contributed by atoms with van der Waals surface area (Å²) in [6, 6.07) is 57.8. The van der Waals surface area contributed by atoms with Crippen LogP contribution in [-0.4, -0.2) is 150 Å². The second kappa shape index (κ2) is 37.5. The van der Waals surface area contributed by atoms with Crippen LogP contribution < -0.4 is 18.9 Å². The van der Waals surface area contributed by atoms with Crippen LogP contribution in [0.25, 0.3) is 11.0 Å². The zero-order chi connectivity index (χ0) is 77.3. The molecule has 0 saturated heterocycles. The largest absolute Gasteiger partial charge is 0.492 e. The van der Waals surface area contributed by atoms with Crippen molar-refractivity contribution in [1.29, 1.82) is 0 Å². The second-order valence-electron chi connectivity index (χ2n) is 28.6. The number of carbonyl (C=O) groups is 9. The van der Waals surface area contributed by atoms with Gasteiger partial charge in [0.1, 0.15) is 66.8 Å². The van der Waals surface area contributed by atoms with Crippen molar-refractivity contribution in [3.63, 3.8) is 0 Å². The zero-order valence-electron chi connectivity index (χ0n) is 63.0. The third-order valence-corrected chi connectivity index (χ3v) is 23.2. The van der Waals surface area contributed by atoms with Gasteiger partial charge >= 0.3 is 0 Å². The van der Waals surface area contributed by atoms with Crippen LogP contribution in [0.4, 0.5) is 0 Å². The number of amides is 3. The zero-order valence-corrected chi connectivity index (χ0v) is 64.7. The Kier molecular flexibility index (Phi) is 26.5. The van der Waals surface area contributed by atoms with Crippen LogP contribution in [0.15, 0.2) is 187 Å². The van der Waals surface area contributed by atoms with E-state index in [1.807, 2.05) is 109 Å². The Balaban J connectivity index is 0.000000146. The van der Waals surface area contributed by atoms with Crippen molar-refractivity contribution in [3.05, 3.63) is 249 Å². The predicted molar refractivity (Wildman–Crippen MR) is 427 cm³/mol. The van der Waals surface area contributed by atoms with Gasteiger partial charge in [-0.05, 0) is 133 Å². The minimum Gasteiger partial charge on any atom is -0.492 e. The molecule has 3 saturated carbocycles. The third kappa shape index (κ3) is 19.8. The van der Waals surface area contributed by atoms with E-state index in [0.29, 0.717) is 119 Å². The number of thioether (sulfide) groups is 2. The summed E-state index contributed by atoms with van der Waals surface area (Å²) in [7, 11) is 0. The summed E-state index contributed by atoms with van der Waals surface area (Å²) in [5, 5.41) is 0.900.